The molecule has 0 bridgehead atoms. The van der Waals surface area contributed by atoms with E-state index in [4.69, 9.17) is 26.3 Å². The van der Waals surface area contributed by atoms with Crippen molar-refractivity contribution in [1.29, 1.82) is 5.26 Å². The molecular weight excluding hydrogens is 593 g/mol. The number of anilines is 2. The number of fused-ring (bicyclic) bond motifs is 2. The van der Waals surface area contributed by atoms with Gasteiger partial charge in [0.15, 0.2) is 5.83 Å². The fraction of sp³-hybridized carbons (Fsp3) is 0.471. The highest BCUT2D eigenvalue weighted by atomic mass is 35.5. The molecule has 2 saturated heterocycles. The van der Waals surface area contributed by atoms with Gasteiger partial charge in [0.1, 0.15) is 12.4 Å². The molecule has 3 aromatic rings. The van der Waals surface area contributed by atoms with Crippen LogP contribution in [0.1, 0.15) is 44.4 Å². The van der Waals surface area contributed by atoms with Gasteiger partial charge >= 0.3 is 6.01 Å². The van der Waals surface area contributed by atoms with Crippen molar-refractivity contribution in [2.45, 2.75) is 64.2 Å². The average molecular weight is 632 g/mol. The van der Waals surface area contributed by atoms with Gasteiger partial charge in [-0.2, -0.15) is 15.2 Å². The number of amides is 1. The second kappa shape index (κ2) is 13.2. The third kappa shape index (κ3) is 6.29. The van der Waals surface area contributed by atoms with Gasteiger partial charge in [0.25, 0.3) is 5.91 Å². The van der Waals surface area contributed by atoms with Crippen molar-refractivity contribution in [2.24, 2.45) is 0 Å². The quantitative estimate of drug-likeness (QED) is 0.301. The number of aromatic nitrogens is 2. The molecule has 236 valence electrons. The fourth-order valence-corrected chi connectivity index (χ4v) is 7.38. The van der Waals surface area contributed by atoms with Crippen molar-refractivity contribution in [3.63, 3.8) is 0 Å². The second-order valence-corrected chi connectivity index (χ2v) is 12.8. The van der Waals surface area contributed by atoms with Crippen LogP contribution >= 0.6 is 11.6 Å². The minimum atomic E-state index is -1.02. The molecule has 2 unspecified atom stereocenters. The molecule has 0 radical (unpaired) electrons. The van der Waals surface area contributed by atoms with Crippen LogP contribution in [0.3, 0.4) is 0 Å². The second-order valence-electron chi connectivity index (χ2n) is 12.3. The molecule has 0 aliphatic carbocycles. The van der Waals surface area contributed by atoms with E-state index in [0.29, 0.717) is 55.8 Å². The molecule has 4 heterocycles. The van der Waals surface area contributed by atoms with E-state index in [-0.39, 0.29) is 13.0 Å². The average Bonchev–Trinajstić information content (AvgIpc) is 3.52. The van der Waals surface area contributed by atoms with Crippen LogP contribution in [-0.2, 0) is 17.8 Å². The summed E-state index contributed by atoms with van der Waals surface area (Å²) in [5.74, 6) is -1.02. The van der Waals surface area contributed by atoms with Crippen LogP contribution in [0.2, 0.25) is 5.02 Å². The summed E-state index contributed by atoms with van der Waals surface area (Å²) in [5, 5.41) is 12.3. The Bertz CT molecular complexity index is 1640. The Morgan fingerprint density at radius 2 is 1.93 bits per heavy atom. The highest BCUT2D eigenvalue weighted by molar-refractivity contribution is 6.36. The lowest BCUT2D eigenvalue weighted by molar-refractivity contribution is -0.131. The number of nitriles is 1. The van der Waals surface area contributed by atoms with Crippen molar-refractivity contribution in [3.05, 3.63) is 65.1 Å². The molecule has 1 aromatic heterocycles. The maximum atomic E-state index is 13.8. The normalized spacial score (nSPS) is 20.4. The van der Waals surface area contributed by atoms with Crippen LogP contribution in [0.15, 0.2) is 48.8 Å². The lowest BCUT2D eigenvalue weighted by atomic mass is 10.0. The highest BCUT2D eigenvalue weighted by Gasteiger charge is 2.35. The number of carbonyl (C=O) groups excluding carboxylic acids is 1. The smallest absolute Gasteiger partial charge is 0.318 e. The van der Waals surface area contributed by atoms with Gasteiger partial charge in [0.05, 0.1) is 35.8 Å². The van der Waals surface area contributed by atoms with Crippen LogP contribution in [0.25, 0.3) is 10.8 Å². The summed E-state index contributed by atoms with van der Waals surface area (Å²) in [6.07, 6.45) is 2.98. The molecule has 11 heteroatoms. The van der Waals surface area contributed by atoms with Crippen LogP contribution in [0.5, 0.6) is 6.01 Å². The predicted molar refractivity (Wildman–Crippen MR) is 174 cm³/mol. The summed E-state index contributed by atoms with van der Waals surface area (Å²) in [6, 6.07) is 14.9. The molecule has 6 rings (SSSR count). The van der Waals surface area contributed by atoms with E-state index in [1.54, 1.807) is 0 Å². The number of benzene rings is 2. The van der Waals surface area contributed by atoms with Gasteiger partial charge < -0.3 is 19.4 Å². The number of nitrogens with zero attached hydrogens (tertiary/aromatic N) is 7. The first-order valence-electron chi connectivity index (χ1n) is 15.7. The van der Waals surface area contributed by atoms with Crippen molar-refractivity contribution in [3.8, 4) is 12.1 Å². The topological polar surface area (TPSA) is 88.8 Å². The van der Waals surface area contributed by atoms with Gasteiger partial charge in [-0.3, -0.25) is 9.69 Å². The molecular formula is C34H39ClFN7O2. The maximum absolute atomic E-state index is 13.8. The number of hydrogen-bond acceptors (Lipinski definition) is 8. The summed E-state index contributed by atoms with van der Waals surface area (Å²) in [5.41, 5.74) is 2.96. The number of carbonyl (C=O) groups is 1. The van der Waals surface area contributed by atoms with Crippen LogP contribution in [0.4, 0.5) is 15.9 Å². The predicted octanol–water partition coefficient (Wildman–Crippen LogP) is 5.51. The zero-order chi connectivity index (χ0) is 31.7. The lowest BCUT2D eigenvalue weighted by Gasteiger charge is -2.42. The molecule has 2 atom stereocenters. The third-order valence-corrected chi connectivity index (χ3v) is 9.60. The van der Waals surface area contributed by atoms with Gasteiger partial charge in [-0.15, -0.1) is 0 Å². The monoisotopic (exact) mass is 631 g/mol. The minimum absolute atomic E-state index is 0.0779. The molecule has 2 aromatic carbocycles. The molecule has 2 fully saturated rings. The zero-order valence-corrected chi connectivity index (χ0v) is 26.6. The van der Waals surface area contributed by atoms with Gasteiger partial charge in [-0.1, -0.05) is 42.4 Å². The number of hydrogen-bond donors (Lipinski definition) is 0. The molecule has 45 heavy (non-hydrogen) atoms. The van der Waals surface area contributed by atoms with Crippen LogP contribution in [0, 0.1) is 11.3 Å². The van der Waals surface area contributed by atoms with E-state index in [1.807, 2.05) is 18.2 Å². The van der Waals surface area contributed by atoms with E-state index in [0.717, 1.165) is 59.5 Å². The van der Waals surface area contributed by atoms with Gasteiger partial charge in [0, 0.05) is 54.9 Å². The first-order chi connectivity index (χ1) is 21.7. The number of rotatable bonds is 8. The maximum Gasteiger partial charge on any atom is 0.318 e. The fourth-order valence-electron chi connectivity index (χ4n) is 7.10. The van der Waals surface area contributed by atoms with Crippen molar-refractivity contribution < 1.29 is 13.9 Å². The molecule has 0 N–H and O–H groups in total. The zero-order valence-electron chi connectivity index (χ0n) is 25.9. The van der Waals surface area contributed by atoms with Crippen molar-refractivity contribution in [2.75, 3.05) is 49.1 Å². The van der Waals surface area contributed by atoms with E-state index < -0.39 is 17.8 Å². The van der Waals surface area contributed by atoms with Crippen LogP contribution in [-0.4, -0.2) is 83.1 Å². The first kappa shape index (κ1) is 31.1. The molecule has 0 spiro atoms. The van der Waals surface area contributed by atoms with E-state index in [9.17, 15) is 14.4 Å². The molecule has 9 nitrogen and oxygen atoms in total. The minimum Gasteiger partial charge on any atom is -0.462 e. The molecule has 1 amide bonds. The number of ether oxygens (including phenoxy) is 1. The first-order valence-corrected chi connectivity index (χ1v) is 16.1. The van der Waals surface area contributed by atoms with E-state index >= 15 is 0 Å². The molecule has 3 aliphatic rings. The Morgan fingerprint density at radius 1 is 1.13 bits per heavy atom. The van der Waals surface area contributed by atoms with Crippen molar-refractivity contribution >= 4 is 39.8 Å². The summed E-state index contributed by atoms with van der Waals surface area (Å²) < 4.78 is 20.2. The highest BCUT2D eigenvalue weighted by Crippen LogP contribution is 2.37. The summed E-state index contributed by atoms with van der Waals surface area (Å²) >= 11 is 6.70. The summed E-state index contributed by atoms with van der Waals surface area (Å²) in [4.78, 5) is 30.8. The lowest BCUT2D eigenvalue weighted by Crippen LogP contribution is -2.55. The number of halogens is 2. The van der Waals surface area contributed by atoms with Crippen LogP contribution < -0.4 is 14.5 Å². The van der Waals surface area contributed by atoms with Gasteiger partial charge in [-0.05, 0) is 57.2 Å². The Hall–Kier alpha value is -3.94. The van der Waals surface area contributed by atoms with Gasteiger partial charge in [0.2, 0.25) is 0 Å². The molecule has 0 saturated carbocycles. The Kier molecular flexibility index (Phi) is 9.11. The number of piperazine rings is 1. The number of likely N-dealkylation sites (tertiary alicyclic amines) is 1. The largest absolute Gasteiger partial charge is 0.462 e. The SMILES string of the molecule is C=C(F)C(=O)N1CCN(c2nc(OCC3CCCN3C(C)C)nc3c2CCN(c2cccc4cccc(Cl)c24)C3)CC1CC#N. The molecule has 3 aliphatic heterocycles. The Balaban J connectivity index is 1.34. The third-order valence-electron chi connectivity index (χ3n) is 9.29. The van der Waals surface area contributed by atoms with Crippen molar-refractivity contribution in [1.82, 2.24) is 19.8 Å². The Labute approximate surface area is 268 Å². The standard InChI is InChI=1S/C34H39ClFN7O2/c1-22(2)42-15-6-9-26(42)21-45-34-38-29-20-40(30-11-5-8-24-7-4-10-28(35)31(24)30)16-13-27(29)32(39-34)41-17-18-43(33(44)23(3)36)25(19-41)12-14-37/h4-5,7-8,10-11,22,25-26H,3,6,9,12-13,15-21H2,1-2H3. The Morgan fingerprint density at radius 3 is 2.69 bits per heavy atom. The van der Waals surface area contributed by atoms with E-state index in [2.05, 4.69) is 59.4 Å². The summed E-state index contributed by atoms with van der Waals surface area (Å²) in [7, 11) is 0. The van der Waals surface area contributed by atoms with Gasteiger partial charge in [-0.25, -0.2) is 4.39 Å². The van der Waals surface area contributed by atoms with E-state index in [1.165, 1.54) is 4.90 Å². The summed E-state index contributed by atoms with van der Waals surface area (Å²) in [6.45, 7) is 11.5.